The lowest BCUT2D eigenvalue weighted by molar-refractivity contribution is 0.0564. The van der Waals surface area contributed by atoms with Crippen molar-refractivity contribution in [2.24, 2.45) is 0 Å². The number of likely N-dealkylation sites (tertiary alicyclic amines) is 1. The lowest BCUT2D eigenvalue weighted by Gasteiger charge is -2.41. The highest BCUT2D eigenvalue weighted by atomic mass is 35.5. The van der Waals surface area contributed by atoms with Crippen LogP contribution in [0.25, 0.3) is 0 Å². The van der Waals surface area contributed by atoms with Gasteiger partial charge in [0, 0.05) is 37.7 Å². The molecule has 0 bridgehead atoms. The minimum Gasteiger partial charge on any atom is -0.496 e. The topological polar surface area (TPSA) is 77.7 Å². The fourth-order valence-electron chi connectivity index (χ4n) is 4.06. The Bertz CT molecular complexity index is 883. The molecule has 1 saturated carbocycles. The van der Waals surface area contributed by atoms with Gasteiger partial charge in [-0.1, -0.05) is 16.8 Å². The summed E-state index contributed by atoms with van der Waals surface area (Å²) in [6, 6.07) is 5.09. The Morgan fingerprint density at radius 1 is 1.38 bits per heavy atom. The second-order valence-electron chi connectivity index (χ2n) is 7.93. The number of benzene rings is 1. The molecular weight excluding hydrogens is 394 g/mol. The highest BCUT2D eigenvalue weighted by Crippen LogP contribution is 2.42. The third kappa shape index (κ3) is 4.12. The van der Waals surface area contributed by atoms with E-state index in [9.17, 15) is 4.79 Å². The van der Waals surface area contributed by atoms with Crippen LogP contribution in [0.5, 0.6) is 5.75 Å². The van der Waals surface area contributed by atoms with Crippen LogP contribution in [0, 0.1) is 0 Å². The van der Waals surface area contributed by atoms with Gasteiger partial charge in [-0.2, -0.15) is 4.98 Å². The van der Waals surface area contributed by atoms with Crippen LogP contribution in [0.4, 0.5) is 0 Å². The van der Waals surface area contributed by atoms with E-state index >= 15 is 0 Å². The number of halogens is 1. The highest BCUT2D eigenvalue weighted by Gasteiger charge is 2.43. The van der Waals surface area contributed by atoms with E-state index in [1.54, 1.807) is 32.4 Å². The molecule has 2 aromatic rings. The Kier molecular flexibility index (Phi) is 5.79. The molecule has 0 spiro atoms. The van der Waals surface area contributed by atoms with Crippen molar-refractivity contribution in [3.63, 3.8) is 0 Å². The van der Waals surface area contributed by atoms with Crippen LogP contribution in [0.15, 0.2) is 22.7 Å². The van der Waals surface area contributed by atoms with Crippen molar-refractivity contribution in [1.29, 1.82) is 0 Å². The Labute approximate surface area is 175 Å². The lowest BCUT2D eigenvalue weighted by atomic mass is 9.76. The first kappa shape index (κ1) is 20.2. The van der Waals surface area contributed by atoms with Gasteiger partial charge < -0.3 is 18.9 Å². The average molecular weight is 420 g/mol. The number of ether oxygens (including phenoxy) is 2. The summed E-state index contributed by atoms with van der Waals surface area (Å²) in [4.78, 5) is 19.9. The number of carbonyl (C=O) groups is 1. The molecule has 1 saturated heterocycles. The van der Waals surface area contributed by atoms with Crippen LogP contribution in [-0.4, -0.2) is 54.9 Å². The molecule has 2 fully saturated rings. The predicted molar refractivity (Wildman–Crippen MR) is 108 cm³/mol. The van der Waals surface area contributed by atoms with Crippen LogP contribution in [0.3, 0.4) is 0 Å². The van der Waals surface area contributed by atoms with Gasteiger partial charge in [-0.25, -0.2) is 0 Å². The summed E-state index contributed by atoms with van der Waals surface area (Å²) in [5.41, 5.74) is 0.131. The molecule has 1 aliphatic heterocycles. The molecule has 2 heterocycles. The summed E-state index contributed by atoms with van der Waals surface area (Å²) < 4.78 is 16.3. The van der Waals surface area contributed by atoms with Gasteiger partial charge in [-0.05, 0) is 50.3 Å². The van der Waals surface area contributed by atoms with E-state index < -0.39 is 0 Å². The lowest BCUT2D eigenvalue weighted by Crippen LogP contribution is -2.49. The molecule has 2 aliphatic rings. The summed E-state index contributed by atoms with van der Waals surface area (Å²) >= 11 is 6.06. The number of amides is 1. The Morgan fingerprint density at radius 2 is 2.21 bits per heavy atom. The standard InChI is InChI=1S/C21H26ClN3O4/c1-27-11-9-21(20-23-18(29-24-20)14-4-5-14)8-3-10-25(13-21)19(26)16-7-6-15(22)12-17(16)28-2/h6-7,12,14H,3-5,8-11,13H2,1-2H3. The molecular formula is C21H26ClN3O4. The van der Waals surface area contributed by atoms with Gasteiger partial charge in [0.15, 0.2) is 5.82 Å². The van der Waals surface area contributed by atoms with E-state index in [4.69, 9.17) is 30.6 Å². The zero-order chi connectivity index (χ0) is 20.4. The fraction of sp³-hybridized carbons (Fsp3) is 0.571. The molecule has 1 atom stereocenters. The van der Waals surface area contributed by atoms with Crippen molar-refractivity contribution in [1.82, 2.24) is 15.0 Å². The molecule has 4 rings (SSSR count). The first-order valence-electron chi connectivity index (χ1n) is 10.0. The van der Waals surface area contributed by atoms with Gasteiger partial charge in [0.1, 0.15) is 5.75 Å². The van der Waals surface area contributed by atoms with Gasteiger partial charge in [0.25, 0.3) is 5.91 Å². The highest BCUT2D eigenvalue weighted by molar-refractivity contribution is 6.30. The minimum absolute atomic E-state index is 0.0779. The maximum Gasteiger partial charge on any atom is 0.257 e. The molecule has 0 N–H and O–H groups in total. The monoisotopic (exact) mass is 419 g/mol. The van der Waals surface area contributed by atoms with E-state index in [1.807, 2.05) is 4.90 Å². The molecule has 156 valence electrons. The van der Waals surface area contributed by atoms with E-state index in [1.165, 1.54) is 0 Å². The Morgan fingerprint density at radius 3 is 2.93 bits per heavy atom. The first-order chi connectivity index (χ1) is 14.1. The SMILES string of the molecule is COCCC1(c2noc(C3CC3)n2)CCCN(C(=O)c2ccc(Cl)cc2OC)C1. The Balaban J connectivity index is 1.61. The first-order valence-corrected chi connectivity index (χ1v) is 10.4. The fourth-order valence-corrected chi connectivity index (χ4v) is 4.22. The average Bonchev–Trinajstić information content (AvgIpc) is 3.47. The molecule has 1 aliphatic carbocycles. The maximum absolute atomic E-state index is 13.3. The van der Waals surface area contributed by atoms with Gasteiger partial charge in [0.05, 0.1) is 18.1 Å². The van der Waals surface area contributed by atoms with Gasteiger partial charge in [-0.15, -0.1) is 0 Å². The van der Waals surface area contributed by atoms with Crippen LogP contribution in [-0.2, 0) is 10.2 Å². The number of methoxy groups -OCH3 is 2. The zero-order valence-corrected chi connectivity index (χ0v) is 17.6. The van der Waals surface area contributed by atoms with Gasteiger partial charge >= 0.3 is 0 Å². The van der Waals surface area contributed by atoms with Crippen LogP contribution in [0.2, 0.25) is 5.02 Å². The molecule has 29 heavy (non-hydrogen) atoms. The van der Waals surface area contributed by atoms with Crippen LogP contribution < -0.4 is 4.74 Å². The molecule has 1 aromatic carbocycles. The Hall–Kier alpha value is -2.12. The number of carbonyl (C=O) groups excluding carboxylic acids is 1. The second-order valence-corrected chi connectivity index (χ2v) is 8.36. The van der Waals surface area contributed by atoms with E-state index in [-0.39, 0.29) is 11.3 Å². The number of nitrogens with zero attached hydrogens (tertiary/aromatic N) is 3. The zero-order valence-electron chi connectivity index (χ0n) is 16.8. The maximum atomic E-state index is 13.3. The van der Waals surface area contributed by atoms with Crippen molar-refractivity contribution < 1.29 is 18.8 Å². The molecule has 0 radical (unpaired) electrons. The molecule has 1 amide bonds. The van der Waals surface area contributed by atoms with E-state index in [2.05, 4.69) is 5.16 Å². The summed E-state index contributed by atoms with van der Waals surface area (Å²) in [5.74, 6) is 2.21. The third-order valence-corrected chi connectivity index (χ3v) is 6.12. The summed E-state index contributed by atoms with van der Waals surface area (Å²) in [6.45, 7) is 1.76. The smallest absolute Gasteiger partial charge is 0.257 e. The summed E-state index contributed by atoms with van der Waals surface area (Å²) in [7, 11) is 3.23. The van der Waals surface area contributed by atoms with Crippen molar-refractivity contribution in [2.75, 3.05) is 33.9 Å². The molecule has 1 unspecified atom stereocenters. The number of aromatic nitrogens is 2. The number of hydrogen-bond acceptors (Lipinski definition) is 6. The summed E-state index contributed by atoms with van der Waals surface area (Å²) in [5, 5.41) is 4.85. The molecule has 7 nitrogen and oxygen atoms in total. The minimum atomic E-state index is -0.375. The number of hydrogen-bond donors (Lipinski definition) is 0. The summed E-state index contributed by atoms with van der Waals surface area (Å²) in [6.07, 6.45) is 4.69. The van der Waals surface area contributed by atoms with E-state index in [0.717, 1.165) is 38.0 Å². The van der Waals surface area contributed by atoms with E-state index in [0.29, 0.717) is 47.8 Å². The predicted octanol–water partition coefficient (Wildman–Crippen LogP) is 3.82. The number of rotatable bonds is 7. The van der Waals surface area contributed by atoms with Crippen molar-refractivity contribution in [2.45, 2.75) is 43.4 Å². The quantitative estimate of drug-likeness (QED) is 0.678. The largest absolute Gasteiger partial charge is 0.496 e. The van der Waals surface area contributed by atoms with Crippen LogP contribution in [0.1, 0.15) is 60.1 Å². The molecule has 8 heteroatoms. The van der Waals surface area contributed by atoms with Gasteiger partial charge in [-0.3, -0.25) is 4.79 Å². The third-order valence-electron chi connectivity index (χ3n) is 5.89. The van der Waals surface area contributed by atoms with Gasteiger partial charge in [0.2, 0.25) is 5.89 Å². The number of piperidine rings is 1. The van der Waals surface area contributed by atoms with Crippen molar-refractivity contribution >= 4 is 17.5 Å². The van der Waals surface area contributed by atoms with Crippen LogP contribution >= 0.6 is 11.6 Å². The van der Waals surface area contributed by atoms with Crippen molar-refractivity contribution in [3.8, 4) is 5.75 Å². The normalized spacial score (nSPS) is 22.0. The molecule has 1 aromatic heterocycles. The van der Waals surface area contributed by atoms with Crippen molar-refractivity contribution in [3.05, 3.63) is 40.5 Å². The second kappa shape index (κ2) is 8.32.